The van der Waals surface area contributed by atoms with Crippen LogP contribution in [0.25, 0.3) is 0 Å². The van der Waals surface area contributed by atoms with Crippen LogP contribution >= 0.6 is 23.2 Å². The summed E-state index contributed by atoms with van der Waals surface area (Å²) in [5, 5.41) is 15.0. The Morgan fingerprint density at radius 1 is 1.14 bits per heavy atom. The first-order chi connectivity index (χ1) is 13.4. The van der Waals surface area contributed by atoms with E-state index in [1.165, 1.54) is 12.1 Å². The van der Waals surface area contributed by atoms with E-state index in [0.29, 0.717) is 22.2 Å². The monoisotopic (exact) mass is 425 g/mol. The van der Waals surface area contributed by atoms with E-state index in [1.807, 2.05) is 6.07 Å². The van der Waals surface area contributed by atoms with Crippen LogP contribution in [0.15, 0.2) is 36.4 Å². The van der Waals surface area contributed by atoms with Gasteiger partial charge in [-0.05, 0) is 42.2 Å². The van der Waals surface area contributed by atoms with E-state index in [2.05, 4.69) is 5.32 Å². The second-order valence-corrected chi connectivity index (χ2v) is 6.89. The van der Waals surface area contributed by atoms with Gasteiger partial charge >= 0.3 is 5.69 Å². The lowest BCUT2D eigenvalue weighted by Crippen LogP contribution is -2.26. The summed E-state index contributed by atoms with van der Waals surface area (Å²) >= 11 is 11.9. The number of ether oxygens (including phenoxy) is 1. The first kappa shape index (κ1) is 21.9. The Kier molecular flexibility index (Phi) is 8.50. The van der Waals surface area contributed by atoms with Crippen LogP contribution in [0.5, 0.6) is 5.75 Å². The minimum Gasteiger partial charge on any atom is -0.485 e. The number of benzene rings is 2. The number of nitrogens with two attached hydrogens (primary N) is 1. The Balaban J connectivity index is 1.84. The molecule has 2 rings (SSSR count). The maximum Gasteiger partial charge on any atom is 0.311 e. The average Bonchev–Trinajstić information content (AvgIpc) is 2.66. The van der Waals surface area contributed by atoms with Crippen molar-refractivity contribution in [2.24, 2.45) is 5.73 Å². The molecule has 0 spiro atoms. The lowest BCUT2D eigenvalue weighted by atomic mass is 10.1. The van der Waals surface area contributed by atoms with E-state index < -0.39 is 4.92 Å². The smallest absolute Gasteiger partial charge is 0.311 e. The molecule has 0 aliphatic rings. The van der Waals surface area contributed by atoms with Crippen LogP contribution in [-0.4, -0.2) is 30.5 Å². The van der Waals surface area contributed by atoms with Crippen molar-refractivity contribution in [2.45, 2.75) is 19.3 Å². The van der Waals surface area contributed by atoms with Crippen molar-refractivity contribution in [1.82, 2.24) is 5.32 Å². The Morgan fingerprint density at radius 2 is 1.89 bits per heavy atom. The van der Waals surface area contributed by atoms with E-state index in [0.717, 1.165) is 18.4 Å². The molecule has 0 aliphatic heterocycles. The average molecular weight is 426 g/mol. The van der Waals surface area contributed by atoms with Gasteiger partial charge in [0, 0.05) is 19.2 Å². The summed E-state index contributed by atoms with van der Waals surface area (Å²) < 4.78 is 5.26. The standard InChI is InChI=1S/C19H21Cl2N3O4/c20-15-5-3-13(10-16(15)21)2-1-8-23-19(25)12-14-4-6-18(28-9-7-22)17(11-14)24(26)27/h3-6,10-11H,1-2,7-9,12,22H2,(H,23,25). The molecule has 0 atom stereocenters. The predicted molar refractivity (Wildman–Crippen MR) is 109 cm³/mol. The van der Waals surface area contributed by atoms with Gasteiger partial charge in [-0.25, -0.2) is 0 Å². The highest BCUT2D eigenvalue weighted by Crippen LogP contribution is 2.28. The number of nitro groups is 1. The van der Waals surface area contributed by atoms with Crippen molar-refractivity contribution < 1.29 is 14.5 Å². The van der Waals surface area contributed by atoms with Gasteiger partial charge in [0.2, 0.25) is 5.91 Å². The summed E-state index contributed by atoms with van der Waals surface area (Å²) in [5.74, 6) is -0.0692. The van der Waals surface area contributed by atoms with E-state index in [9.17, 15) is 14.9 Å². The number of nitrogens with one attached hydrogen (secondary N) is 1. The number of nitro benzene ring substituents is 1. The third-order valence-corrected chi connectivity index (χ3v) is 4.65. The van der Waals surface area contributed by atoms with Crippen molar-refractivity contribution in [3.05, 3.63) is 67.7 Å². The van der Waals surface area contributed by atoms with Gasteiger partial charge in [0.1, 0.15) is 6.61 Å². The third-order valence-electron chi connectivity index (χ3n) is 3.91. The Labute approximate surface area is 172 Å². The number of nitrogens with zero attached hydrogens (tertiary/aromatic N) is 1. The summed E-state index contributed by atoms with van der Waals surface area (Å²) in [7, 11) is 0. The van der Waals surface area contributed by atoms with Crippen LogP contribution in [0, 0.1) is 10.1 Å². The number of hydrogen-bond acceptors (Lipinski definition) is 5. The molecule has 0 saturated carbocycles. The largest absolute Gasteiger partial charge is 0.485 e. The molecule has 0 heterocycles. The van der Waals surface area contributed by atoms with Crippen LogP contribution in [0.4, 0.5) is 5.69 Å². The summed E-state index contributed by atoms with van der Waals surface area (Å²) in [5.41, 5.74) is 6.74. The fourth-order valence-electron chi connectivity index (χ4n) is 2.57. The molecule has 0 bridgehead atoms. The lowest BCUT2D eigenvalue weighted by molar-refractivity contribution is -0.385. The molecular weight excluding hydrogens is 405 g/mol. The molecule has 2 aromatic carbocycles. The maximum atomic E-state index is 12.1. The molecule has 3 N–H and O–H groups in total. The number of halogens is 2. The molecule has 1 amide bonds. The van der Waals surface area contributed by atoms with Gasteiger partial charge < -0.3 is 15.8 Å². The fraction of sp³-hybridized carbons (Fsp3) is 0.316. The molecule has 2 aromatic rings. The van der Waals surface area contributed by atoms with Crippen LogP contribution in [-0.2, 0) is 17.6 Å². The van der Waals surface area contributed by atoms with E-state index in [4.69, 9.17) is 33.7 Å². The quantitative estimate of drug-likeness (QED) is 0.343. The number of hydrogen-bond donors (Lipinski definition) is 2. The van der Waals surface area contributed by atoms with Crippen LogP contribution < -0.4 is 15.8 Å². The van der Waals surface area contributed by atoms with Gasteiger partial charge in [-0.1, -0.05) is 35.3 Å². The molecule has 0 unspecified atom stereocenters. The zero-order valence-corrected chi connectivity index (χ0v) is 16.6. The first-order valence-corrected chi connectivity index (χ1v) is 9.47. The molecule has 0 aliphatic carbocycles. The summed E-state index contributed by atoms with van der Waals surface area (Å²) in [6.45, 7) is 0.919. The van der Waals surface area contributed by atoms with Gasteiger partial charge in [-0.2, -0.15) is 0 Å². The van der Waals surface area contributed by atoms with E-state index in [1.54, 1.807) is 18.2 Å². The zero-order chi connectivity index (χ0) is 20.5. The van der Waals surface area contributed by atoms with E-state index in [-0.39, 0.29) is 36.9 Å². The molecule has 150 valence electrons. The van der Waals surface area contributed by atoms with Crippen molar-refractivity contribution in [1.29, 1.82) is 0 Å². The first-order valence-electron chi connectivity index (χ1n) is 8.71. The minimum atomic E-state index is -0.537. The second kappa shape index (κ2) is 10.8. The van der Waals surface area contributed by atoms with Crippen molar-refractivity contribution in [3.63, 3.8) is 0 Å². The molecule has 0 radical (unpaired) electrons. The third kappa shape index (κ3) is 6.67. The number of carbonyl (C=O) groups is 1. The SMILES string of the molecule is NCCOc1ccc(CC(=O)NCCCc2ccc(Cl)c(Cl)c2)cc1[N+](=O)[O-]. The van der Waals surface area contributed by atoms with E-state index >= 15 is 0 Å². The molecule has 0 aromatic heterocycles. The number of amides is 1. The number of carbonyl (C=O) groups excluding carboxylic acids is 1. The van der Waals surface area contributed by atoms with Crippen LogP contribution in [0.1, 0.15) is 17.5 Å². The van der Waals surface area contributed by atoms with Crippen molar-refractivity contribution in [3.8, 4) is 5.75 Å². The van der Waals surface area contributed by atoms with Crippen LogP contribution in [0.2, 0.25) is 10.0 Å². The minimum absolute atomic E-state index is 0.0464. The highest BCUT2D eigenvalue weighted by molar-refractivity contribution is 6.42. The zero-order valence-electron chi connectivity index (χ0n) is 15.1. The highest BCUT2D eigenvalue weighted by atomic mass is 35.5. The Morgan fingerprint density at radius 3 is 2.57 bits per heavy atom. The molecule has 9 heteroatoms. The normalized spacial score (nSPS) is 10.5. The van der Waals surface area contributed by atoms with Crippen molar-refractivity contribution in [2.75, 3.05) is 19.7 Å². The molecule has 7 nitrogen and oxygen atoms in total. The molecular formula is C19H21Cl2N3O4. The fourth-order valence-corrected chi connectivity index (χ4v) is 2.89. The van der Waals surface area contributed by atoms with Crippen LogP contribution in [0.3, 0.4) is 0 Å². The van der Waals surface area contributed by atoms with Gasteiger partial charge in [-0.15, -0.1) is 0 Å². The van der Waals surface area contributed by atoms with Gasteiger partial charge in [0.15, 0.2) is 5.75 Å². The summed E-state index contributed by atoms with van der Waals surface area (Å²) in [6.07, 6.45) is 1.52. The Hall–Kier alpha value is -2.35. The predicted octanol–water partition coefficient (Wildman–Crippen LogP) is 3.53. The summed E-state index contributed by atoms with van der Waals surface area (Å²) in [6, 6.07) is 9.91. The lowest BCUT2D eigenvalue weighted by Gasteiger charge is -2.08. The van der Waals surface area contributed by atoms with Crippen molar-refractivity contribution >= 4 is 34.8 Å². The van der Waals surface area contributed by atoms with Gasteiger partial charge in [0.25, 0.3) is 0 Å². The summed E-state index contributed by atoms with van der Waals surface area (Å²) in [4.78, 5) is 22.7. The molecule has 0 saturated heterocycles. The topological polar surface area (TPSA) is 107 Å². The number of aryl methyl sites for hydroxylation is 1. The Bertz CT molecular complexity index is 846. The number of rotatable bonds is 10. The molecule has 0 fully saturated rings. The second-order valence-electron chi connectivity index (χ2n) is 6.08. The highest BCUT2D eigenvalue weighted by Gasteiger charge is 2.17. The molecule has 28 heavy (non-hydrogen) atoms. The van der Waals surface area contributed by atoms with Gasteiger partial charge in [-0.3, -0.25) is 14.9 Å². The van der Waals surface area contributed by atoms with Gasteiger partial charge in [0.05, 0.1) is 21.4 Å². The maximum absolute atomic E-state index is 12.1.